The molecule has 2 aromatic carbocycles. The van der Waals surface area contributed by atoms with Crippen LogP contribution in [0.3, 0.4) is 0 Å². The van der Waals surface area contributed by atoms with Gasteiger partial charge in [0.15, 0.2) is 5.96 Å². The summed E-state index contributed by atoms with van der Waals surface area (Å²) in [6.45, 7) is 12.1. The molecule has 0 radical (unpaired) electrons. The van der Waals surface area contributed by atoms with Gasteiger partial charge in [0.2, 0.25) is 0 Å². The lowest BCUT2D eigenvalue weighted by atomic mass is 10.1. The molecule has 0 saturated carbocycles. The van der Waals surface area contributed by atoms with E-state index in [9.17, 15) is 0 Å². The van der Waals surface area contributed by atoms with Gasteiger partial charge in [-0.05, 0) is 43.5 Å². The molecule has 1 fully saturated rings. The molecule has 0 amide bonds. The molecule has 3 aromatic rings. The SMILES string of the molecule is CCNC(=NCc1ccccc1CN1CCOCC1)NCCCn1c(C)nc2ccccc21.I. The molecular formula is C26H37IN6O. The van der Waals surface area contributed by atoms with Crippen molar-refractivity contribution in [1.82, 2.24) is 25.1 Å². The van der Waals surface area contributed by atoms with Crippen molar-refractivity contribution in [2.24, 2.45) is 4.99 Å². The summed E-state index contributed by atoms with van der Waals surface area (Å²) in [5, 5.41) is 6.88. The molecule has 184 valence electrons. The molecule has 4 rings (SSSR count). The maximum atomic E-state index is 5.49. The summed E-state index contributed by atoms with van der Waals surface area (Å²) >= 11 is 0. The van der Waals surface area contributed by atoms with Crippen molar-refractivity contribution in [2.75, 3.05) is 39.4 Å². The summed E-state index contributed by atoms with van der Waals surface area (Å²) in [7, 11) is 0. The lowest BCUT2D eigenvalue weighted by molar-refractivity contribution is 0.0341. The average molecular weight is 577 g/mol. The largest absolute Gasteiger partial charge is 0.379 e. The van der Waals surface area contributed by atoms with Crippen LogP contribution >= 0.6 is 24.0 Å². The first kappa shape index (κ1) is 26.4. The van der Waals surface area contributed by atoms with Gasteiger partial charge in [0.05, 0.1) is 30.8 Å². The fraction of sp³-hybridized carbons (Fsp3) is 0.462. The van der Waals surface area contributed by atoms with Gasteiger partial charge in [0.25, 0.3) is 0 Å². The molecule has 0 spiro atoms. The summed E-state index contributed by atoms with van der Waals surface area (Å²) in [5.74, 6) is 1.93. The monoisotopic (exact) mass is 576 g/mol. The van der Waals surface area contributed by atoms with Crippen LogP contribution in [0.2, 0.25) is 0 Å². The topological polar surface area (TPSA) is 66.7 Å². The van der Waals surface area contributed by atoms with E-state index in [2.05, 4.69) is 81.4 Å². The van der Waals surface area contributed by atoms with Gasteiger partial charge in [-0.2, -0.15) is 0 Å². The van der Waals surface area contributed by atoms with Crippen LogP contribution in [0, 0.1) is 6.92 Å². The van der Waals surface area contributed by atoms with E-state index in [4.69, 9.17) is 9.73 Å². The molecule has 2 heterocycles. The Bertz CT molecular complexity index is 1060. The van der Waals surface area contributed by atoms with Gasteiger partial charge in [0, 0.05) is 39.3 Å². The third-order valence-electron chi connectivity index (χ3n) is 6.06. The van der Waals surface area contributed by atoms with Crippen molar-refractivity contribution in [3.8, 4) is 0 Å². The summed E-state index contributed by atoms with van der Waals surface area (Å²) < 4.78 is 7.78. The van der Waals surface area contributed by atoms with Crippen molar-refractivity contribution >= 4 is 41.0 Å². The fourth-order valence-corrected chi connectivity index (χ4v) is 4.29. The van der Waals surface area contributed by atoms with E-state index in [-0.39, 0.29) is 24.0 Å². The number of aliphatic imine (C=N–C) groups is 1. The Morgan fingerprint density at radius 1 is 1.03 bits per heavy atom. The molecule has 8 heteroatoms. The predicted octanol–water partition coefficient (Wildman–Crippen LogP) is 3.94. The number of hydrogen-bond acceptors (Lipinski definition) is 4. The molecule has 0 unspecified atom stereocenters. The number of aryl methyl sites for hydroxylation is 2. The number of ether oxygens (including phenoxy) is 1. The number of imidazole rings is 1. The Morgan fingerprint density at radius 2 is 1.76 bits per heavy atom. The highest BCUT2D eigenvalue weighted by molar-refractivity contribution is 14.0. The van der Waals surface area contributed by atoms with Gasteiger partial charge < -0.3 is 19.9 Å². The molecule has 0 aliphatic carbocycles. The third kappa shape index (κ3) is 7.16. The van der Waals surface area contributed by atoms with Crippen molar-refractivity contribution < 1.29 is 4.74 Å². The number of guanidine groups is 1. The number of morpholine rings is 1. The highest BCUT2D eigenvalue weighted by Crippen LogP contribution is 2.16. The van der Waals surface area contributed by atoms with E-state index in [1.54, 1.807) is 0 Å². The van der Waals surface area contributed by atoms with Gasteiger partial charge in [0.1, 0.15) is 5.82 Å². The maximum Gasteiger partial charge on any atom is 0.191 e. The van der Waals surface area contributed by atoms with Gasteiger partial charge in [-0.1, -0.05) is 36.4 Å². The number of fused-ring (bicyclic) bond motifs is 1. The number of hydrogen-bond donors (Lipinski definition) is 2. The predicted molar refractivity (Wildman–Crippen MR) is 150 cm³/mol. The minimum atomic E-state index is 0. The lowest BCUT2D eigenvalue weighted by Gasteiger charge is -2.27. The van der Waals surface area contributed by atoms with Crippen molar-refractivity contribution in [3.63, 3.8) is 0 Å². The summed E-state index contributed by atoms with van der Waals surface area (Å²) in [4.78, 5) is 12.0. The molecule has 1 saturated heterocycles. The Kier molecular flexibility index (Phi) is 10.6. The van der Waals surface area contributed by atoms with Gasteiger partial charge >= 0.3 is 0 Å². The molecule has 0 atom stereocenters. The van der Waals surface area contributed by atoms with E-state index in [0.717, 1.165) is 76.2 Å². The van der Waals surface area contributed by atoms with Crippen LogP contribution in [0.4, 0.5) is 0 Å². The number of nitrogens with zero attached hydrogens (tertiary/aromatic N) is 4. The fourth-order valence-electron chi connectivity index (χ4n) is 4.29. The minimum absolute atomic E-state index is 0. The zero-order valence-corrected chi connectivity index (χ0v) is 22.6. The maximum absolute atomic E-state index is 5.49. The van der Waals surface area contributed by atoms with E-state index in [1.807, 2.05) is 6.07 Å². The standard InChI is InChI=1S/C26H36N6O.HI/c1-3-27-26(28-13-8-14-32-21(2)30-24-11-6-7-12-25(24)32)29-19-22-9-4-5-10-23(22)20-31-15-17-33-18-16-31;/h4-7,9-12H,3,8,13-20H2,1-2H3,(H2,27,28,29);1H. The summed E-state index contributed by atoms with van der Waals surface area (Å²) in [6.07, 6.45) is 0.999. The molecule has 1 aromatic heterocycles. The molecule has 7 nitrogen and oxygen atoms in total. The lowest BCUT2D eigenvalue weighted by Crippen LogP contribution is -2.38. The first-order valence-corrected chi connectivity index (χ1v) is 12.1. The van der Waals surface area contributed by atoms with Gasteiger partial charge in [-0.3, -0.25) is 4.90 Å². The van der Waals surface area contributed by atoms with Gasteiger partial charge in [-0.25, -0.2) is 9.98 Å². The molecule has 34 heavy (non-hydrogen) atoms. The zero-order valence-electron chi connectivity index (χ0n) is 20.3. The molecular weight excluding hydrogens is 539 g/mol. The molecule has 1 aliphatic rings. The second kappa shape index (κ2) is 13.7. The van der Waals surface area contributed by atoms with Crippen LogP contribution in [-0.2, 0) is 24.4 Å². The Hall–Kier alpha value is -2.17. The quantitative estimate of drug-likeness (QED) is 0.175. The Labute approximate surface area is 220 Å². The van der Waals surface area contributed by atoms with Crippen LogP contribution in [0.1, 0.15) is 30.3 Å². The zero-order chi connectivity index (χ0) is 22.9. The number of benzene rings is 2. The van der Waals surface area contributed by atoms with Crippen LogP contribution in [0.25, 0.3) is 11.0 Å². The summed E-state index contributed by atoms with van der Waals surface area (Å²) in [5.41, 5.74) is 4.89. The van der Waals surface area contributed by atoms with E-state index in [1.165, 1.54) is 16.6 Å². The van der Waals surface area contributed by atoms with Crippen LogP contribution in [0.15, 0.2) is 53.5 Å². The second-order valence-corrected chi connectivity index (χ2v) is 8.43. The molecule has 1 aliphatic heterocycles. The Balaban J connectivity index is 0.00000324. The van der Waals surface area contributed by atoms with Crippen molar-refractivity contribution in [2.45, 2.75) is 39.9 Å². The Morgan fingerprint density at radius 3 is 2.56 bits per heavy atom. The van der Waals surface area contributed by atoms with E-state index in [0.29, 0.717) is 6.54 Å². The first-order valence-electron chi connectivity index (χ1n) is 12.1. The molecule has 2 N–H and O–H groups in total. The average Bonchev–Trinajstić information content (AvgIpc) is 3.16. The number of nitrogens with one attached hydrogen (secondary N) is 2. The first-order chi connectivity index (χ1) is 16.2. The number of halogens is 1. The number of para-hydroxylation sites is 2. The van der Waals surface area contributed by atoms with Crippen molar-refractivity contribution in [1.29, 1.82) is 0 Å². The highest BCUT2D eigenvalue weighted by atomic mass is 127. The number of aromatic nitrogens is 2. The van der Waals surface area contributed by atoms with E-state index >= 15 is 0 Å². The van der Waals surface area contributed by atoms with Crippen LogP contribution < -0.4 is 10.6 Å². The third-order valence-corrected chi connectivity index (χ3v) is 6.06. The van der Waals surface area contributed by atoms with Crippen LogP contribution in [-0.4, -0.2) is 59.8 Å². The minimum Gasteiger partial charge on any atom is -0.379 e. The number of rotatable bonds is 9. The van der Waals surface area contributed by atoms with E-state index < -0.39 is 0 Å². The normalized spacial score (nSPS) is 14.7. The van der Waals surface area contributed by atoms with Crippen LogP contribution in [0.5, 0.6) is 0 Å². The van der Waals surface area contributed by atoms with Gasteiger partial charge in [-0.15, -0.1) is 24.0 Å². The smallest absolute Gasteiger partial charge is 0.191 e. The second-order valence-electron chi connectivity index (χ2n) is 8.43. The molecule has 0 bridgehead atoms. The highest BCUT2D eigenvalue weighted by Gasteiger charge is 2.12. The van der Waals surface area contributed by atoms with Crippen molar-refractivity contribution in [3.05, 3.63) is 65.5 Å². The summed E-state index contributed by atoms with van der Waals surface area (Å²) in [6, 6.07) is 17.0.